The molecule has 1 amide bonds. The zero-order valence-electron chi connectivity index (χ0n) is 10.9. The van der Waals surface area contributed by atoms with Crippen molar-refractivity contribution in [2.75, 3.05) is 20.7 Å². The maximum atomic E-state index is 12.1. The first-order chi connectivity index (χ1) is 8.10. The van der Waals surface area contributed by atoms with Crippen LogP contribution in [0, 0.1) is 0 Å². The van der Waals surface area contributed by atoms with Gasteiger partial charge in [-0.25, -0.2) is 0 Å². The Bertz CT molecular complexity index is 281. The predicted octanol–water partition coefficient (Wildman–Crippen LogP) is 0.539. The number of nitrogens with zero attached hydrogens (tertiary/aromatic N) is 1. The Labute approximate surface area is 102 Å². The minimum absolute atomic E-state index is 0.000463. The maximum Gasteiger partial charge on any atom is 0.307 e. The van der Waals surface area contributed by atoms with E-state index >= 15 is 0 Å². The Kier molecular flexibility index (Phi) is 5.41. The average Bonchev–Trinajstić information content (AvgIpc) is 2.37. The highest BCUT2D eigenvalue weighted by Gasteiger charge is 2.30. The largest absolute Gasteiger partial charge is 0.469 e. The van der Waals surface area contributed by atoms with Crippen LogP contribution in [0.4, 0.5) is 0 Å². The first-order valence-electron chi connectivity index (χ1n) is 6.14. The molecule has 5 nitrogen and oxygen atoms in total. The number of hydrogen-bond acceptors (Lipinski definition) is 4. The van der Waals surface area contributed by atoms with Crippen LogP contribution in [0.15, 0.2) is 0 Å². The fourth-order valence-electron chi connectivity index (χ4n) is 2.15. The monoisotopic (exact) mass is 242 g/mol. The number of esters is 1. The number of carbonyl (C=O) groups excluding carboxylic acids is 2. The van der Waals surface area contributed by atoms with Crippen LogP contribution in [0.2, 0.25) is 0 Å². The molecular formula is C12H22N2O3. The van der Waals surface area contributed by atoms with Gasteiger partial charge in [0.05, 0.1) is 19.6 Å². The van der Waals surface area contributed by atoms with Crippen LogP contribution in [0.1, 0.15) is 32.6 Å². The van der Waals surface area contributed by atoms with Gasteiger partial charge in [0.25, 0.3) is 0 Å². The van der Waals surface area contributed by atoms with E-state index in [1.54, 1.807) is 7.05 Å². The van der Waals surface area contributed by atoms with Gasteiger partial charge in [-0.3, -0.25) is 9.59 Å². The second-order valence-corrected chi connectivity index (χ2v) is 4.47. The summed E-state index contributed by atoms with van der Waals surface area (Å²) in [5.74, 6) is -0.173. The second kappa shape index (κ2) is 6.59. The van der Waals surface area contributed by atoms with Crippen molar-refractivity contribution in [3.8, 4) is 0 Å². The lowest BCUT2D eigenvalue weighted by molar-refractivity contribution is -0.145. The van der Waals surface area contributed by atoms with Crippen LogP contribution in [0.3, 0.4) is 0 Å². The van der Waals surface area contributed by atoms with E-state index < -0.39 is 0 Å². The van der Waals surface area contributed by atoms with Crippen molar-refractivity contribution in [1.82, 2.24) is 10.2 Å². The lowest BCUT2D eigenvalue weighted by Crippen LogP contribution is -2.51. The van der Waals surface area contributed by atoms with Crippen molar-refractivity contribution in [2.45, 2.75) is 44.7 Å². The fraction of sp³-hybridized carbons (Fsp3) is 0.833. The highest BCUT2D eigenvalue weighted by molar-refractivity contribution is 5.82. The van der Waals surface area contributed by atoms with Crippen LogP contribution >= 0.6 is 0 Å². The Morgan fingerprint density at radius 2 is 2.18 bits per heavy atom. The van der Waals surface area contributed by atoms with E-state index in [9.17, 15) is 9.59 Å². The van der Waals surface area contributed by atoms with Gasteiger partial charge in [0.1, 0.15) is 0 Å². The first-order valence-corrected chi connectivity index (χ1v) is 6.14. The number of carbonyl (C=O) groups is 2. The number of likely N-dealkylation sites (tertiary alicyclic amines) is 1. The number of likely N-dealkylation sites (N-methyl/N-ethyl adjacent to an activating group) is 1. The van der Waals surface area contributed by atoms with E-state index in [-0.39, 0.29) is 24.0 Å². The van der Waals surface area contributed by atoms with Gasteiger partial charge in [0.15, 0.2) is 0 Å². The molecule has 0 aromatic carbocycles. The highest BCUT2D eigenvalue weighted by Crippen LogP contribution is 2.20. The molecule has 1 aliphatic heterocycles. The normalized spacial score (nSPS) is 22.1. The molecule has 0 saturated carbocycles. The topological polar surface area (TPSA) is 58.6 Å². The number of nitrogens with one attached hydrogen (secondary N) is 1. The summed E-state index contributed by atoms with van der Waals surface area (Å²) in [5, 5.41) is 2.94. The van der Waals surface area contributed by atoms with Gasteiger partial charge in [-0.15, -0.1) is 0 Å². The molecule has 0 bridgehead atoms. The molecule has 2 unspecified atom stereocenters. The standard InChI is InChI=1S/C12H22N2O3/c1-9(13-2)12(16)14-7-5-4-6-10(14)8-11(15)17-3/h9-10,13H,4-8H2,1-3H3. The molecule has 1 saturated heterocycles. The van der Waals surface area contributed by atoms with E-state index in [2.05, 4.69) is 10.1 Å². The molecule has 2 atom stereocenters. The van der Waals surface area contributed by atoms with E-state index in [1.807, 2.05) is 11.8 Å². The molecule has 1 rings (SSSR count). The zero-order valence-corrected chi connectivity index (χ0v) is 10.9. The Hall–Kier alpha value is -1.10. The molecule has 0 spiro atoms. The van der Waals surface area contributed by atoms with Gasteiger partial charge in [0, 0.05) is 12.6 Å². The van der Waals surface area contributed by atoms with Crippen molar-refractivity contribution < 1.29 is 14.3 Å². The Morgan fingerprint density at radius 1 is 1.47 bits per heavy atom. The van der Waals surface area contributed by atoms with Gasteiger partial charge in [-0.1, -0.05) is 0 Å². The molecule has 98 valence electrons. The lowest BCUT2D eigenvalue weighted by atomic mass is 9.98. The predicted molar refractivity (Wildman–Crippen MR) is 64.5 cm³/mol. The number of hydrogen-bond donors (Lipinski definition) is 1. The molecule has 5 heteroatoms. The molecule has 0 aromatic rings. The van der Waals surface area contributed by atoms with E-state index in [0.29, 0.717) is 6.42 Å². The summed E-state index contributed by atoms with van der Waals surface area (Å²) in [6, 6.07) is -0.201. The quantitative estimate of drug-likeness (QED) is 0.731. The maximum absolute atomic E-state index is 12.1. The number of piperidine rings is 1. The molecule has 0 aromatic heterocycles. The van der Waals surface area contributed by atoms with Gasteiger partial charge < -0.3 is 15.0 Å². The number of ether oxygens (including phenoxy) is 1. The van der Waals surface area contributed by atoms with Crippen LogP contribution in [-0.2, 0) is 14.3 Å². The van der Waals surface area contributed by atoms with Crippen molar-refractivity contribution in [2.24, 2.45) is 0 Å². The molecule has 1 heterocycles. The first kappa shape index (κ1) is 14.0. The summed E-state index contributed by atoms with van der Waals surface area (Å²) in [6.45, 7) is 2.58. The van der Waals surface area contributed by atoms with E-state index in [0.717, 1.165) is 25.8 Å². The second-order valence-electron chi connectivity index (χ2n) is 4.47. The van der Waals surface area contributed by atoms with Gasteiger partial charge in [-0.05, 0) is 33.2 Å². The van der Waals surface area contributed by atoms with Gasteiger partial charge >= 0.3 is 5.97 Å². The summed E-state index contributed by atoms with van der Waals surface area (Å²) < 4.78 is 4.68. The zero-order chi connectivity index (χ0) is 12.8. The van der Waals surface area contributed by atoms with Crippen LogP contribution in [0.25, 0.3) is 0 Å². The number of amides is 1. The summed E-state index contributed by atoms with van der Waals surface area (Å²) in [4.78, 5) is 25.3. The number of rotatable bonds is 4. The lowest BCUT2D eigenvalue weighted by Gasteiger charge is -2.36. The Morgan fingerprint density at radius 3 is 2.76 bits per heavy atom. The highest BCUT2D eigenvalue weighted by atomic mass is 16.5. The van der Waals surface area contributed by atoms with Crippen LogP contribution < -0.4 is 5.32 Å². The SMILES string of the molecule is CNC(C)C(=O)N1CCCCC1CC(=O)OC. The van der Waals surface area contributed by atoms with Crippen LogP contribution in [-0.4, -0.2) is 49.6 Å². The molecule has 0 radical (unpaired) electrons. The summed E-state index contributed by atoms with van der Waals surface area (Å²) in [5.41, 5.74) is 0. The average molecular weight is 242 g/mol. The molecule has 0 aliphatic carbocycles. The third-order valence-electron chi connectivity index (χ3n) is 3.34. The summed E-state index contributed by atoms with van der Waals surface area (Å²) in [6.07, 6.45) is 3.27. The third-order valence-corrected chi connectivity index (χ3v) is 3.34. The number of methoxy groups -OCH3 is 1. The molecule has 17 heavy (non-hydrogen) atoms. The fourth-order valence-corrected chi connectivity index (χ4v) is 2.15. The van der Waals surface area contributed by atoms with Gasteiger partial charge in [-0.2, -0.15) is 0 Å². The van der Waals surface area contributed by atoms with Crippen molar-refractivity contribution in [3.63, 3.8) is 0 Å². The minimum Gasteiger partial charge on any atom is -0.469 e. The van der Waals surface area contributed by atoms with Gasteiger partial charge in [0.2, 0.25) is 5.91 Å². The van der Waals surface area contributed by atoms with Crippen molar-refractivity contribution >= 4 is 11.9 Å². The molecular weight excluding hydrogens is 220 g/mol. The molecule has 1 aliphatic rings. The van der Waals surface area contributed by atoms with Crippen LogP contribution in [0.5, 0.6) is 0 Å². The van der Waals surface area contributed by atoms with Crippen molar-refractivity contribution in [1.29, 1.82) is 0 Å². The van der Waals surface area contributed by atoms with E-state index in [1.165, 1.54) is 7.11 Å². The smallest absolute Gasteiger partial charge is 0.307 e. The third kappa shape index (κ3) is 3.70. The molecule has 1 fully saturated rings. The summed E-state index contributed by atoms with van der Waals surface area (Å²) >= 11 is 0. The van der Waals surface area contributed by atoms with E-state index in [4.69, 9.17) is 0 Å². The molecule has 1 N–H and O–H groups in total. The Balaban J connectivity index is 2.65. The summed E-state index contributed by atoms with van der Waals surface area (Å²) in [7, 11) is 3.15. The van der Waals surface area contributed by atoms with Crippen molar-refractivity contribution in [3.05, 3.63) is 0 Å². The minimum atomic E-state index is -0.244.